The van der Waals surface area contributed by atoms with Crippen molar-refractivity contribution in [3.8, 4) is 5.75 Å². The van der Waals surface area contributed by atoms with E-state index >= 15 is 0 Å². The lowest BCUT2D eigenvalue weighted by atomic mass is 10.0. The highest BCUT2D eigenvalue weighted by molar-refractivity contribution is 6.30. The predicted octanol–water partition coefficient (Wildman–Crippen LogP) is 2.41. The first-order valence-electron chi connectivity index (χ1n) is 7.89. The van der Waals surface area contributed by atoms with Crippen LogP contribution in [0.4, 0.5) is 0 Å². The Hall–Kier alpha value is -2.41. The van der Waals surface area contributed by atoms with Gasteiger partial charge in [-0.05, 0) is 41.8 Å². The van der Waals surface area contributed by atoms with Crippen molar-refractivity contribution in [1.29, 1.82) is 0 Å². The molecule has 1 heterocycles. The minimum absolute atomic E-state index is 0.0573. The van der Waals surface area contributed by atoms with E-state index in [4.69, 9.17) is 16.3 Å². The monoisotopic (exact) mass is 358 g/mol. The van der Waals surface area contributed by atoms with E-state index < -0.39 is 0 Å². The highest BCUT2D eigenvalue weighted by Gasteiger charge is 2.29. The SMILES string of the molecule is COc1ccc(C2CC(C(=O)N/N=C\c3ccc(Cl)cc3)NN2)cc1. The van der Waals surface area contributed by atoms with Gasteiger partial charge in [0.15, 0.2) is 0 Å². The number of ether oxygens (including phenoxy) is 1. The van der Waals surface area contributed by atoms with E-state index in [1.807, 2.05) is 36.4 Å². The Morgan fingerprint density at radius 3 is 2.60 bits per heavy atom. The number of nitrogens with zero attached hydrogens (tertiary/aromatic N) is 1. The molecule has 2 aromatic carbocycles. The number of methoxy groups -OCH3 is 1. The summed E-state index contributed by atoms with van der Waals surface area (Å²) in [7, 11) is 1.63. The largest absolute Gasteiger partial charge is 0.497 e. The van der Waals surface area contributed by atoms with Gasteiger partial charge in [0.1, 0.15) is 11.8 Å². The summed E-state index contributed by atoms with van der Waals surface area (Å²) in [5.74, 6) is 0.620. The number of hydrogen-bond acceptors (Lipinski definition) is 5. The fourth-order valence-corrected chi connectivity index (χ4v) is 2.71. The first-order valence-corrected chi connectivity index (χ1v) is 8.27. The van der Waals surface area contributed by atoms with E-state index in [-0.39, 0.29) is 18.0 Å². The normalized spacial score (nSPS) is 19.9. The fourth-order valence-electron chi connectivity index (χ4n) is 2.58. The second kappa shape index (κ2) is 8.11. The van der Waals surface area contributed by atoms with E-state index in [2.05, 4.69) is 21.4 Å². The predicted molar refractivity (Wildman–Crippen MR) is 97.6 cm³/mol. The van der Waals surface area contributed by atoms with Crippen LogP contribution in [0.3, 0.4) is 0 Å². The van der Waals surface area contributed by atoms with Crippen molar-refractivity contribution < 1.29 is 9.53 Å². The first kappa shape index (κ1) is 17.4. The molecule has 0 saturated carbocycles. The lowest BCUT2D eigenvalue weighted by Crippen LogP contribution is -2.41. The Bertz CT molecular complexity index is 747. The Balaban J connectivity index is 1.52. The summed E-state index contributed by atoms with van der Waals surface area (Å²) in [6.07, 6.45) is 2.21. The summed E-state index contributed by atoms with van der Waals surface area (Å²) in [4.78, 5) is 12.2. The van der Waals surface area contributed by atoms with Crippen molar-refractivity contribution >= 4 is 23.7 Å². The summed E-state index contributed by atoms with van der Waals surface area (Å²) in [6.45, 7) is 0. The van der Waals surface area contributed by atoms with Gasteiger partial charge in [0.25, 0.3) is 5.91 Å². The number of halogens is 1. The van der Waals surface area contributed by atoms with Crippen LogP contribution in [0.25, 0.3) is 0 Å². The second-order valence-corrected chi connectivity index (χ2v) is 6.12. The van der Waals surface area contributed by atoms with Crippen molar-refractivity contribution in [3.05, 3.63) is 64.7 Å². The number of amides is 1. The Morgan fingerprint density at radius 2 is 1.92 bits per heavy atom. The molecule has 6 nitrogen and oxygen atoms in total. The number of hydrazine groups is 1. The number of nitrogens with one attached hydrogen (secondary N) is 3. The summed E-state index contributed by atoms with van der Waals surface area (Å²) >= 11 is 5.83. The van der Waals surface area contributed by atoms with Crippen LogP contribution in [0, 0.1) is 0 Å². The average Bonchev–Trinajstić information content (AvgIpc) is 3.13. The lowest BCUT2D eigenvalue weighted by molar-refractivity contribution is -0.122. The molecule has 0 spiro atoms. The van der Waals surface area contributed by atoms with Crippen LogP contribution in [-0.4, -0.2) is 25.3 Å². The molecule has 0 aliphatic carbocycles. The van der Waals surface area contributed by atoms with Crippen LogP contribution >= 0.6 is 11.6 Å². The highest BCUT2D eigenvalue weighted by Crippen LogP contribution is 2.24. The molecule has 3 rings (SSSR count). The third kappa shape index (κ3) is 4.57. The molecular weight excluding hydrogens is 340 g/mol. The third-order valence-electron chi connectivity index (χ3n) is 4.00. The molecular formula is C18H19ClN4O2. The molecule has 1 aliphatic heterocycles. The molecule has 0 radical (unpaired) electrons. The second-order valence-electron chi connectivity index (χ2n) is 5.69. The molecule has 2 atom stereocenters. The standard InChI is InChI=1S/C18H19ClN4O2/c1-25-15-8-4-13(5-9-15)16-10-17(22-21-16)18(24)23-20-11-12-2-6-14(19)7-3-12/h2-9,11,16-17,21-22H,10H2,1H3,(H,23,24)/b20-11-. The van der Waals surface area contributed by atoms with Crippen molar-refractivity contribution in [2.75, 3.05) is 7.11 Å². The molecule has 2 aromatic rings. The van der Waals surface area contributed by atoms with E-state index in [1.165, 1.54) is 0 Å². The average molecular weight is 359 g/mol. The van der Waals surface area contributed by atoms with Gasteiger partial charge in [-0.2, -0.15) is 5.10 Å². The van der Waals surface area contributed by atoms with E-state index in [0.29, 0.717) is 11.4 Å². The summed E-state index contributed by atoms with van der Waals surface area (Å²) < 4.78 is 5.16. The van der Waals surface area contributed by atoms with Crippen LogP contribution in [0.15, 0.2) is 53.6 Å². The maximum absolute atomic E-state index is 12.2. The van der Waals surface area contributed by atoms with Gasteiger partial charge in [0.05, 0.1) is 13.3 Å². The molecule has 1 fully saturated rings. The Morgan fingerprint density at radius 1 is 1.20 bits per heavy atom. The van der Waals surface area contributed by atoms with Gasteiger partial charge in [-0.15, -0.1) is 0 Å². The van der Waals surface area contributed by atoms with E-state index in [0.717, 1.165) is 16.9 Å². The van der Waals surface area contributed by atoms with Gasteiger partial charge in [-0.3, -0.25) is 4.79 Å². The summed E-state index contributed by atoms with van der Waals surface area (Å²) in [6, 6.07) is 14.7. The Kier molecular flexibility index (Phi) is 5.65. The van der Waals surface area contributed by atoms with Gasteiger partial charge >= 0.3 is 0 Å². The first-order chi connectivity index (χ1) is 12.2. The molecule has 2 unspecified atom stereocenters. The van der Waals surface area contributed by atoms with E-state index in [9.17, 15) is 4.79 Å². The minimum atomic E-state index is -0.352. The van der Waals surface area contributed by atoms with Crippen molar-refractivity contribution in [2.24, 2.45) is 5.10 Å². The number of hydrogen-bond donors (Lipinski definition) is 3. The molecule has 1 aliphatic rings. The maximum atomic E-state index is 12.2. The molecule has 1 amide bonds. The number of benzene rings is 2. The van der Waals surface area contributed by atoms with Crippen molar-refractivity contribution in [3.63, 3.8) is 0 Å². The smallest absolute Gasteiger partial charge is 0.258 e. The molecule has 130 valence electrons. The van der Waals surface area contributed by atoms with Crippen LogP contribution in [0.2, 0.25) is 5.02 Å². The van der Waals surface area contributed by atoms with Crippen LogP contribution in [0.5, 0.6) is 5.75 Å². The molecule has 7 heteroatoms. The van der Waals surface area contributed by atoms with Crippen LogP contribution < -0.4 is 21.0 Å². The Labute approximate surface area is 151 Å². The molecule has 0 bridgehead atoms. The zero-order valence-corrected chi connectivity index (χ0v) is 14.5. The minimum Gasteiger partial charge on any atom is -0.497 e. The van der Waals surface area contributed by atoms with Crippen LogP contribution in [0.1, 0.15) is 23.6 Å². The zero-order chi connectivity index (χ0) is 17.6. The van der Waals surface area contributed by atoms with Crippen molar-refractivity contribution in [2.45, 2.75) is 18.5 Å². The van der Waals surface area contributed by atoms with E-state index in [1.54, 1.807) is 25.5 Å². The number of rotatable bonds is 5. The zero-order valence-electron chi connectivity index (χ0n) is 13.7. The van der Waals surface area contributed by atoms with Gasteiger partial charge in [0, 0.05) is 11.1 Å². The fraction of sp³-hybridized carbons (Fsp3) is 0.222. The molecule has 1 saturated heterocycles. The molecule has 0 aromatic heterocycles. The molecule has 25 heavy (non-hydrogen) atoms. The third-order valence-corrected chi connectivity index (χ3v) is 4.25. The number of hydrazone groups is 1. The van der Waals surface area contributed by atoms with Gasteiger partial charge < -0.3 is 4.74 Å². The van der Waals surface area contributed by atoms with Gasteiger partial charge in [0.2, 0.25) is 0 Å². The lowest BCUT2D eigenvalue weighted by Gasteiger charge is -2.10. The maximum Gasteiger partial charge on any atom is 0.258 e. The quantitative estimate of drug-likeness (QED) is 0.567. The van der Waals surface area contributed by atoms with Crippen molar-refractivity contribution in [1.82, 2.24) is 16.3 Å². The highest BCUT2D eigenvalue weighted by atomic mass is 35.5. The summed E-state index contributed by atoms with van der Waals surface area (Å²) in [5.41, 5.74) is 10.6. The topological polar surface area (TPSA) is 74.8 Å². The number of carbonyl (C=O) groups excluding carboxylic acids is 1. The number of carbonyl (C=O) groups is 1. The molecule has 3 N–H and O–H groups in total. The summed E-state index contributed by atoms with van der Waals surface area (Å²) in [5, 5.41) is 4.64. The van der Waals surface area contributed by atoms with Gasteiger partial charge in [-0.25, -0.2) is 16.3 Å². The van der Waals surface area contributed by atoms with Gasteiger partial charge in [-0.1, -0.05) is 35.9 Å². The van der Waals surface area contributed by atoms with Crippen LogP contribution in [-0.2, 0) is 4.79 Å².